The summed E-state index contributed by atoms with van der Waals surface area (Å²) in [4.78, 5) is 34.9. The molecule has 6 heteroatoms. The van der Waals surface area contributed by atoms with Crippen LogP contribution in [0.15, 0.2) is 24.5 Å². The third kappa shape index (κ3) is 2.74. The Morgan fingerprint density at radius 3 is 2.86 bits per heavy atom. The molecule has 0 aliphatic carbocycles. The van der Waals surface area contributed by atoms with Gasteiger partial charge in [-0.05, 0) is 31.0 Å². The van der Waals surface area contributed by atoms with Crippen molar-refractivity contribution in [3.63, 3.8) is 0 Å². The predicted octanol–water partition coefficient (Wildman–Crippen LogP) is 1.26. The van der Waals surface area contributed by atoms with Gasteiger partial charge in [-0.3, -0.25) is 9.59 Å². The Morgan fingerprint density at radius 1 is 1.33 bits per heavy atom. The number of rotatable bonds is 3. The van der Waals surface area contributed by atoms with E-state index in [0.29, 0.717) is 5.56 Å². The van der Waals surface area contributed by atoms with Gasteiger partial charge in [0.25, 0.3) is 5.91 Å². The summed E-state index contributed by atoms with van der Waals surface area (Å²) in [6.07, 6.45) is 3.71. The molecule has 1 N–H and O–H groups in total. The zero-order chi connectivity index (χ0) is 14.8. The molecule has 110 valence electrons. The van der Waals surface area contributed by atoms with Crippen LogP contribution in [-0.4, -0.2) is 58.3 Å². The molecule has 1 aromatic carbocycles. The Morgan fingerprint density at radius 2 is 2.10 bits per heavy atom. The Bertz CT molecular complexity index is 673. The van der Waals surface area contributed by atoms with Crippen molar-refractivity contribution in [2.75, 3.05) is 26.7 Å². The lowest BCUT2D eigenvalue weighted by Gasteiger charge is -2.21. The molecule has 1 aliphatic heterocycles. The van der Waals surface area contributed by atoms with Gasteiger partial charge in [-0.15, -0.1) is 0 Å². The maximum absolute atomic E-state index is 12.4. The van der Waals surface area contributed by atoms with Crippen LogP contribution in [0.2, 0.25) is 0 Å². The maximum atomic E-state index is 12.4. The van der Waals surface area contributed by atoms with Crippen LogP contribution in [0.1, 0.15) is 23.2 Å². The number of amides is 2. The Kier molecular flexibility index (Phi) is 3.60. The second kappa shape index (κ2) is 5.55. The van der Waals surface area contributed by atoms with E-state index in [-0.39, 0.29) is 18.4 Å². The minimum Gasteiger partial charge on any atom is -0.345 e. The monoisotopic (exact) mass is 286 g/mol. The molecule has 0 radical (unpaired) electrons. The quantitative estimate of drug-likeness (QED) is 0.923. The van der Waals surface area contributed by atoms with Gasteiger partial charge in [-0.1, -0.05) is 0 Å². The zero-order valence-electron chi connectivity index (χ0n) is 12.0. The summed E-state index contributed by atoms with van der Waals surface area (Å²) in [6.45, 7) is 1.74. The fourth-order valence-corrected chi connectivity index (χ4v) is 2.63. The number of aromatic nitrogens is 2. The number of likely N-dealkylation sites (N-methyl/N-ethyl adjacent to an activating group) is 1. The minimum absolute atomic E-state index is 0.0194. The van der Waals surface area contributed by atoms with E-state index in [4.69, 9.17) is 0 Å². The second-order valence-corrected chi connectivity index (χ2v) is 5.38. The number of hydrogen-bond acceptors (Lipinski definition) is 3. The summed E-state index contributed by atoms with van der Waals surface area (Å²) in [7, 11) is 1.66. The summed E-state index contributed by atoms with van der Waals surface area (Å²) < 4.78 is 0. The van der Waals surface area contributed by atoms with Crippen LogP contribution in [0, 0.1) is 0 Å². The van der Waals surface area contributed by atoms with E-state index in [1.165, 1.54) is 4.90 Å². The normalized spacial score (nSPS) is 14.6. The predicted molar refractivity (Wildman–Crippen MR) is 78.9 cm³/mol. The first-order valence-electron chi connectivity index (χ1n) is 7.11. The van der Waals surface area contributed by atoms with E-state index in [0.717, 1.165) is 37.0 Å². The molecule has 0 bridgehead atoms. The molecule has 21 heavy (non-hydrogen) atoms. The SMILES string of the molecule is CN(CC(=O)N1CCCC1)C(=O)c1ccc2nc[nH]c2c1. The number of carbonyl (C=O) groups is 2. The summed E-state index contributed by atoms with van der Waals surface area (Å²) in [6, 6.07) is 5.30. The fourth-order valence-electron chi connectivity index (χ4n) is 2.63. The molecule has 2 heterocycles. The molecule has 0 unspecified atom stereocenters. The van der Waals surface area contributed by atoms with Crippen molar-refractivity contribution in [3.05, 3.63) is 30.1 Å². The van der Waals surface area contributed by atoms with Gasteiger partial charge in [-0.2, -0.15) is 0 Å². The highest BCUT2D eigenvalue weighted by Crippen LogP contribution is 2.14. The van der Waals surface area contributed by atoms with Crippen molar-refractivity contribution in [2.45, 2.75) is 12.8 Å². The lowest BCUT2D eigenvalue weighted by molar-refractivity contribution is -0.130. The van der Waals surface area contributed by atoms with Crippen molar-refractivity contribution in [1.82, 2.24) is 19.8 Å². The summed E-state index contributed by atoms with van der Waals surface area (Å²) in [5.41, 5.74) is 2.20. The molecular weight excluding hydrogens is 268 g/mol. The first kappa shape index (κ1) is 13.6. The van der Waals surface area contributed by atoms with E-state index in [2.05, 4.69) is 9.97 Å². The third-order valence-electron chi connectivity index (χ3n) is 3.85. The van der Waals surface area contributed by atoms with Crippen LogP contribution in [0.3, 0.4) is 0 Å². The standard InChI is InChI=1S/C15H18N4O2/c1-18(9-14(20)19-6-2-3-7-19)15(21)11-4-5-12-13(8-11)17-10-16-12/h4-5,8,10H,2-3,6-7,9H2,1H3,(H,16,17). The summed E-state index contributed by atoms with van der Waals surface area (Å²) in [5.74, 6) is -0.134. The molecule has 3 rings (SSSR count). The first-order valence-corrected chi connectivity index (χ1v) is 7.11. The smallest absolute Gasteiger partial charge is 0.254 e. The Labute approximate surface area is 122 Å². The van der Waals surface area contributed by atoms with E-state index < -0.39 is 0 Å². The topological polar surface area (TPSA) is 69.3 Å². The molecule has 2 amide bonds. The number of aromatic amines is 1. The van der Waals surface area contributed by atoms with Gasteiger partial charge in [0.2, 0.25) is 5.91 Å². The van der Waals surface area contributed by atoms with E-state index in [1.54, 1.807) is 31.6 Å². The lowest BCUT2D eigenvalue weighted by atomic mass is 10.2. The van der Waals surface area contributed by atoms with Gasteiger partial charge in [0, 0.05) is 25.7 Å². The Balaban J connectivity index is 1.69. The number of nitrogens with zero attached hydrogens (tertiary/aromatic N) is 3. The highest BCUT2D eigenvalue weighted by molar-refractivity contribution is 5.98. The molecule has 6 nitrogen and oxygen atoms in total. The van der Waals surface area contributed by atoms with Gasteiger partial charge < -0.3 is 14.8 Å². The number of fused-ring (bicyclic) bond motifs is 1. The van der Waals surface area contributed by atoms with Gasteiger partial charge in [0.1, 0.15) is 0 Å². The van der Waals surface area contributed by atoms with Crippen LogP contribution in [0.4, 0.5) is 0 Å². The average Bonchev–Trinajstić information content (AvgIpc) is 3.16. The molecule has 1 aromatic heterocycles. The van der Waals surface area contributed by atoms with Crippen molar-refractivity contribution in [2.24, 2.45) is 0 Å². The molecule has 1 saturated heterocycles. The third-order valence-corrected chi connectivity index (χ3v) is 3.85. The van der Waals surface area contributed by atoms with E-state index in [9.17, 15) is 9.59 Å². The van der Waals surface area contributed by atoms with Crippen molar-refractivity contribution >= 4 is 22.8 Å². The number of imidazole rings is 1. The summed E-state index contributed by atoms with van der Waals surface area (Å²) in [5, 5.41) is 0. The largest absolute Gasteiger partial charge is 0.345 e. The number of likely N-dealkylation sites (tertiary alicyclic amines) is 1. The highest BCUT2D eigenvalue weighted by Gasteiger charge is 2.21. The van der Waals surface area contributed by atoms with Gasteiger partial charge in [0.05, 0.1) is 23.9 Å². The van der Waals surface area contributed by atoms with Crippen LogP contribution >= 0.6 is 0 Å². The highest BCUT2D eigenvalue weighted by atomic mass is 16.2. The van der Waals surface area contributed by atoms with Gasteiger partial charge in [-0.25, -0.2) is 4.98 Å². The molecule has 2 aromatic rings. The first-order chi connectivity index (χ1) is 10.1. The maximum Gasteiger partial charge on any atom is 0.254 e. The van der Waals surface area contributed by atoms with Crippen LogP contribution in [0.25, 0.3) is 11.0 Å². The van der Waals surface area contributed by atoms with Crippen LogP contribution < -0.4 is 0 Å². The van der Waals surface area contributed by atoms with Crippen LogP contribution in [0.5, 0.6) is 0 Å². The Hall–Kier alpha value is -2.37. The molecular formula is C15H18N4O2. The van der Waals surface area contributed by atoms with E-state index >= 15 is 0 Å². The number of carbonyl (C=O) groups excluding carboxylic acids is 2. The van der Waals surface area contributed by atoms with Crippen molar-refractivity contribution in [1.29, 1.82) is 0 Å². The molecule has 0 atom stereocenters. The van der Waals surface area contributed by atoms with Crippen molar-refractivity contribution in [3.8, 4) is 0 Å². The van der Waals surface area contributed by atoms with Crippen LogP contribution in [-0.2, 0) is 4.79 Å². The van der Waals surface area contributed by atoms with Crippen molar-refractivity contribution < 1.29 is 9.59 Å². The zero-order valence-corrected chi connectivity index (χ0v) is 12.0. The number of H-pyrrole nitrogens is 1. The number of benzene rings is 1. The average molecular weight is 286 g/mol. The van der Waals surface area contributed by atoms with Gasteiger partial charge in [0.15, 0.2) is 0 Å². The lowest BCUT2D eigenvalue weighted by Crippen LogP contribution is -2.39. The van der Waals surface area contributed by atoms with Gasteiger partial charge >= 0.3 is 0 Å². The number of hydrogen-bond donors (Lipinski definition) is 1. The fraction of sp³-hybridized carbons (Fsp3) is 0.400. The minimum atomic E-state index is -0.154. The molecule has 1 aliphatic rings. The number of nitrogens with one attached hydrogen (secondary N) is 1. The molecule has 0 saturated carbocycles. The summed E-state index contributed by atoms with van der Waals surface area (Å²) >= 11 is 0. The molecule has 1 fully saturated rings. The molecule has 0 spiro atoms. The second-order valence-electron chi connectivity index (χ2n) is 5.38. The van der Waals surface area contributed by atoms with E-state index in [1.807, 2.05) is 4.90 Å².